The lowest BCUT2D eigenvalue weighted by Crippen LogP contribution is -2.40. The zero-order chi connectivity index (χ0) is 15.1. The number of urea groups is 1. The van der Waals surface area contributed by atoms with Gasteiger partial charge in [0.1, 0.15) is 12.4 Å². The molecule has 0 bridgehead atoms. The summed E-state index contributed by atoms with van der Waals surface area (Å²) in [4.78, 5) is 23.8. The molecule has 110 valence electrons. The third-order valence-corrected chi connectivity index (χ3v) is 3.24. The summed E-state index contributed by atoms with van der Waals surface area (Å²) in [6, 6.07) is 3.33. The van der Waals surface area contributed by atoms with Gasteiger partial charge < -0.3 is 20.1 Å². The molecule has 0 radical (unpaired) electrons. The molecule has 1 rings (SSSR count). The molecule has 6 nitrogen and oxygen atoms in total. The zero-order valence-electron chi connectivity index (χ0n) is 10.7. The Morgan fingerprint density at radius 1 is 1.50 bits per heavy atom. The van der Waals surface area contributed by atoms with E-state index in [-0.39, 0.29) is 13.2 Å². The minimum atomic E-state index is -1.12. The SMILES string of the molecule is COCCN(CC(=O)O)C(=O)Nc1ccc(F)cc1I. The van der Waals surface area contributed by atoms with Gasteiger partial charge in [-0.25, -0.2) is 9.18 Å². The maximum atomic E-state index is 13.0. The number of nitrogens with zero attached hydrogens (tertiary/aromatic N) is 1. The molecule has 1 aromatic rings. The van der Waals surface area contributed by atoms with Gasteiger partial charge >= 0.3 is 12.0 Å². The Kier molecular flexibility index (Phi) is 6.65. The van der Waals surface area contributed by atoms with Crippen LogP contribution < -0.4 is 5.32 Å². The van der Waals surface area contributed by atoms with E-state index in [0.717, 1.165) is 4.90 Å². The van der Waals surface area contributed by atoms with Gasteiger partial charge in [0, 0.05) is 17.2 Å². The maximum Gasteiger partial charge on any atom is 0.323 e. The molecule has 0 fully saturated rings. The fourth-order valence-electron chi connectivity index (χ4n) is 1.40. The molecule has 1 aromatic carbocycles. The number of benzene rings is 1. The lowest BCUT2D eigenvalue weighted by molar-refractivity contribution is -0.137. The summed E-state index contributed by atoms with van der Waals surface area (Å²) in [7, 11) is 1.46. The Morgan fingerprint density at radius 2 is 2.20 bits per heavy atom. The number of methoxy groups -OCH3 is 1. The molecule has 0 saturated heterocycles. The molecule has 2 N–H and O–H groups in total. The van der Waals surface area contributed by atoms with E-state index in [0.29, 0.717) is 9.26 Å². The number of carboxylic acid groups (broad SMARTS) is 1. The van der Waals surface area contributed by atoms with Crippen LogP contribution in [0.4, 0.5) is 14.9 Å². The predicted octanol–water partition coefficient (Wildman–Crippen LogP) is 2.00. The average molecular weight is 396 g/mol. The second-order valence-electron chi connectivity index (χ2n) is 3.86. The third kappa shape index (κ3) is 5.29. The number of halogens is 2. The largest absolute Gasteiger partial charge is 0.480 e. The highest BCUT2D eigenvalue weighted by molar-refractivity contribution is 14.1. The first kappa shape index (κ1) is 16.6. The number of hydrogen-bond donors (Lipinski definition) is 2. The lowest BCUT2D eigenvalue weighted by atomic mass is 10.3. The van der Waals surface area contributed by atoms with Crippen molar-refractivity contribution < 1.29 is 23.8 Å². The fourth-order valence-corrected chi connectivity index (χ4v) is 2.01. The summed E-state index contributed by atoms with van der Waals surface area (Å²) < 4.78 is 18.3. The number of nitrogens with one attached hydrogen (secondary N) is 1. The lowest BCUT2D eigenvalue weighted by Gasteiger charge is -2.21. The minimum Gasteiger partial charge on any atom is -0.480 e. The predicted molar refractivity (Wildman–Crippen MR) is 79.2 cm³/mol. The Balaban J connectivity index is 2.76. The van der Waals surface area contributed by atoms with E-state index in [4.69, 9.17) is 9.84 Å². The number of carboxylic acids is 1. The Morgan fingerprint density at radius 3 is 2.75 bits per heavy atom. The molecule has 0 heterocycles. The Bertz CT molecular complexity index is 498. The monoisotopic (exact) mass is 396 g/mol. The summed E-state index contributed by atoms with van der Waals surface area (Å²) in [5.41, 5.74) is 0.421. The van der Waals surface area contributed by atoms with Crippen LogP contribution in [0.15, 0.2) is 18.2 Å². The van der Waals surface area contributed by atoms with Crippen LogP contribution in [0, 0.1) is 9.39 Å². The van der Waals surface area contributed by atoms with Crippen LogP contribution in [0.1, 0.15) is 0 Å². The quantitative estimate of drug-likeness (QED) is 0.722. The first-order valence-electron chi connectivity index (χ1n) is 5.65. The van der Waals surface area contributed by atoms with Crippen LogP contribution >= 0.6 is 22.6 Å². The topological polar surface area (TPSA) is 78.9 Å². The van der Waals surface area contributed by atoms with Crippen molar-refractivity contribution in [1.82, 2.24) is 4.90 Å². The average Bonchev–Trinajstić information content (AvgIpc) is 2.37. The van der Waals surface area contributed by atoms with E-state index in [1.807, 2.05) is 22.6 Å². The highest BCUT2D eigenvalue weighted by Crippen LogP contribution is 2.19. The number of anilines is 1. The van der Waals surface area contributed by atoms with E-state index < -0.39 is 24.4 Å². The summed E-state index contributed by atoms with van der Waals surface area (Å²) in [6.45, 7) is -0.0689. The van der Waals surface area contributed by atoms with E-state index >= 15 is 0 Å². The van der Waals surface area contributed by atoms with Crippen molar-refractivity contribution in [2.75, 3.05) is 32.1 Å². The molecule has 0 aliphatic rings. The highest BCUT2D eigenvalue weighted by Gasteiger charge is 2.17. The van der Waals surface area contributed by atoms with Crippen LogP contribution in [-0.4, -0.2) is 48.8 Å². The van der Waals surface area contributed by atoms with Gasteiger partial charge in [-0.05, 0) is 40.8 Å². The first-order chi connectivity index (χ1) is 9.43. The van der Waals surface area contributed by atoms with Crippen LogP contribution in [0.3, 0.4) is 0 Å². The number of aliphatic carboxylic acids is 1. The number of ether oxygens (including phenoxy) is 1. The zero-order valence-corrected chi connectivity index (χ0v) is 12.9. The fraction of sp³-hybridized carbons (Fsp3) is 0.333. The van der Waals surface area contributed by atoms with Crippen molar-refractivity contribution in [1.29, 1.82) is 0 Å². The van der Waals surface area contributed by atoms with Crippen LogP contribution in [0.2, 0.25) is 0 Å². The number of rotatable bonds is 6. The van der Waals surface area contributed by atoms with Crippen molar-refractivity contribution in [3.05, 3.63) is 27.6 Å². The van der Waals surface area contributed by atoms with Gasteiger partial charge in [0.05, 0.1) is 12.3 Å². The van der Waals surface area contributed by atoms with Gasteiger partial charge in [0.15, 0.2) is 0 Å². The summed E-state index contributed by atoms with van der Waals surface area (Å²) in [6.07, 6.45) is 0. The molecule has 0 saturated carbocycles. The molecular weight excluding hydrogens is 382 g/mol. The number of carbonyl (C=O) groups excluding carboxylic acids is 1. The van der Waals surface area contributed by atoms with Gasteiger partial charge in [-0.3, -0.25) is 4.79 Å². The van der Waals surface area contributed by atoms with Crippen LogP contribution in [0.5, 0.6) is 0 Å². The molecule has 0 aliphatic carbocycles. The van der Waals surface area contributed by atoms with E-state index in [1.54, 1.807) is 0 Å². The van der Waals surface area contributed by atoms with Crippen molar-refractivity contribution in [2.45, 2.75) is 0 Å². The second kappa shape index (κ2) is 8.00. The number of amides is 2. The molecule has 8 heteroatoms. The summed E-state index contributed by atoms with van der Waals surface area (Å²) in [5.74, 6) is -1.53. The van der Waals surface area contributed by atoms with Gasteiger partial charge in [0.25, 0.3) is 0 Å². The highest BCUT2D eigenvalue weighted by atomic mass is 127. The smallest absolute Gasteiger partial charge is 0.323 e. The Hall–Kier alpha value is -1.42. The number of carbonyl (C=O) groups is 2. The molecule has 0 spiro atoms. The molecule has 0 aromatic heterocycles. The van der Waals surface area contributed by atoms with E-state index in [2.05, 4.69) is 5.32 Å². The van der Waals surface area contributed by atoms with Crippen molar-refractivity contribution in [2.24, 2.45) is 0 Å². The van der Waals surface area contributed by atoms with Crippen LogP contribution in [-0.2, 0) is 9.53 Å². The van der Waals surface area contributed by atoms with Crippen molar-refractivity contribution in [3.63, 3.8) is 0 Å². The van der Waals surface area contributed by atoms with Crippen molar-refractivity contribution in [3.8, 4) is 0 Å². The summed E-state index contributed by atoms with van der Waals surface area (Å²) >= 11 is 1.88. The van der Waals surface area contributed by atoms with Gasteiger partial charge in [0.2, 0.25) is 0 Å². The number of hydrogen-bond acceptors (Lipinski definition) is 3. The molecule has 2 amide bonds. The maximum absolute atomic E-state index is 13.0. The standard InChI is InChI=1S/C12H14FIN2O4/c1-20-5-4-16(7-11(17)18)12(19)15-10-3-2-8(13)6-9(10)14/h2-3,6H,4-5,7H2,1H3,(H,15,19)(H,17,18). The molecule has 0 unspecified atom stereocenters. The summed E-state index contributed by atoms with van der Waals surface area (Å²) in [5, 5.41) is 11.3. The van der Waals surface area contributed by atoms with Gasteiger partial charge in [-0.1, -0.05) is 0 Å². The minimum absolute atomic E-state index is 0.145. The van der Waals surface area contributed by atoms with E-state index in [9.17, 15) is 14.0 Å². The van der Waals surface area contributed by atoms with E-state index in [1.165, 1.54) is 25.3 Å². The first-order valence-corrected chi connectivity index (χ1v) is 6.73. The Labute approximate surface area is 129 Å². The molecule has 0 atom stereocenters. The molecule has 20 heavy (non-hydrogen) atoms. The second-order valence-corrected chi connectivity index (χ2v) is 5.02. The van der Waals surface area contributed by atoms with Crippen LogP contribution in [0.25, 0.3) is 0 Å². The van der Waals surface area contributed by atoms with Crippen molar-refractivity contribution >= 4 is 40.3 Å². The normalized spacial score (nSPS) is 10.2. The molecular formula is C12H14FIN2O4. The van der Waals surface area contributed by atoms with Gasteiger partial charge in [-0.15, -0.1) is 0 Å². The third-order valence-electron chi connectivity index (χ3n) is 2.35. The van der Waals surface area contributed by atoms with Gasteiger partial charge in [-0.2, -0.15) is 0 Å². The molecule has 0 aliphatic heterocycles.